The molecule has 1 aromatic heterocycles. The van der Waals surface area contributed by atoms with E-state index < -0.39 is 0 Å². The van der Waals surface area contributed by atoms with E-state index in [2.05, 4.69) is 15.6 Å². The van der Waals surface area contributed by atoms with Gasteiger partial charge in [-0.3, -0.25) is 0 Å². The highest BCUT2D eigenvalue weighted by Crippen LogP contribution is 2.39. The van der Waals surface area contributed by atoms with Crippen LogP contribution < -0.4 is 24.8 Å². The van der Waals surface area contributed by atoms with Crippen LogP contribution in [-0.2, 0) is 6.54 Å². The molecule has 0 fully saturated rings. The summed E-state index contributed by atoms with van der Waals surface area (Å²) in [7, 11) is 4.65. The Morgan fingerprint density at radius 1 is 1.00 bits per heavy atom. The van der Waals surface area contributed by atoms with Crippen molar-refractivity contribution < 1.29 is 19.0 Å². The Balaban J connectivity index is 1.63. The first-order valence-electron chi connectivity index (χ1n) is 8.91. The van der Waals surface area contributed by atoms with Crippen LogP contribution in [0.15, 0.2) is 41.8 Å². The maximum atomic E-state index is 12.3. The second kappa shape index (κ2) is 9.29. The lowest BCUT2D eigenvalue weighted by Gasteiger charge is -2.16. The van der Waals surface area contributed by atoms with E-state index >= 15 is 0 Å². The van der Waals surface area contributed by atoms with E-state index in [-0.39, 0.29) is 12.6 Å². The van der Waals surface area contributed by atoms with Crippen molar-refractivity contribution in [2.24, 2.45) is 0 Å². The predicted octanol–water partition coefficient (Wildman–Crippen LogP) is 4.47. The van der Waals surface area contributed by atoms with Gasteiger partial charge in [0, 0.05) is 28.7 Å². The van der Waals surface area contributed by atoms with Crippen LogP contribution in [0.25, 0.3) is 11.3 Å². The van der Waals surface area contributed by atoms with Gasteiger partial charge in [0.2, 0.25) is 5.75 Å². The molecule has 0 atom stereocenters. The van der Waals surface area contributed by atoms with Gasteiger partial charge in [0.15, 0.2) is 11.5 Å². The number of amides is 2. The normalized spacial score (nSPS) is 10.3. The highest BCUT2D eigenvalue weighted by atomic mass is 32.1. The van der Waals surface area contributed by atoms with Gasteiger partial charge in [-0.15, -0.1) is 11.3 Å². The molecule has 7 nitrogen and oxygen atoms in total. The van der Waals surface area contributed by atoms with Crippen molar-refractivity contribution in [3.05, 3.63) is 52.3 Å². The fraction of sp³-hybridized carbons (Fsp3) is 0.238. The van der Waals surface area contributed by atoms with E-state index in [4.69, 9.17) is 14.2 Å². The van der Waals surface area contributed by atoms with Crippen LogP contribution in [-0.4, -0.2) is 32.3 Å². The Bertz CT molecular complexity index is 986. The number of carbonyl (C=O) groups excluding carboxylic acids is 1. The van der Waals surface area contributed by atoms with Crippen molar-refractivity contribution >= 4 is 23.1 Å². The van der Waals surface area contributed by atoms with Crippen LogP contribution in [0.4, 0.5) is 10.5 Å². The lowest BCUT2D eigenvalue weighted by atomic mass is 10.1. The van der Waals surface area contributed by atoms with E-state index in [0.717, 1.165) is 21.8 Å². The number of hydrogen-bond donors (Lipinski definition) is 2. The van der Waals surface area contributed by atoms with Crippen LogP contribution in [0.5, 0.6) is 17.2 Å². The zero-order valence-corrected chi connectivity index (χ0v) is 17.6. The van der Waals surface area contributed by atoms with E-state index in [1.807, 2.05) is 42.6 Å². The molecular formula is C21H23N3O4S. The first-order chi connectivity index (χ1) is 14.0. The van der Waals surface area contributed by atoms with E-state index in [1.54, 1.807) is 38.7 Å². The number of benzene rings is 2. The fourth-order valence-electron chi connectivity index (χ4n) is 2.87. The van der Waals surface area contributed by atoms with Crippen molar-refractivity contribution in [3.63, 3.8) is 0 Å². The van der Waals surface area contributed by atoms with Crippen molar-refractivity contribution in [2.45, 2.75) is 13.5 Å². The molecule has 0 radical (unpaired) electrons. The summed E-state index contributed by atoms with van der Waals surface area (Å²) in [5.41, 5.74) is 3.41. The molecule has 0 aliphatic rings. The Kier molecular flexibility index (Phi) is 6.56. The smallest absolute Gasteiger partial charge is 0.319 e. The minimum atomic E-state index is -0.320. The van der Waals surface area contributed by atoms with Crippen LogP contribution in [0.2, 0.25) is 0 Å². The first-order valence-corrected chi connectivity index (χ1v) is 9.79. The van der Waals surface area contributed by atoms with Crippen molar-refractivity contribution in [1.29, 1.82) is 0 Å². The number of aromatic nitrogens is 1. The molecule has 0 aliphatic heterocycles. The number of urea groups is 1. The van der Waals surface area contributed by atoms with Gasteiger partial charge in [-0.05, 0) is 31.2 Å². The van der Waals surface area contributed by atoms with Gasteiger partial charge < -0.3 is 24.8 Å². The number of carbonyl (C=O) groups is 1. The van der Waals surface area contributed by atoms with Crippen LogP contribution in [0.3, 0.4) is 0 Å². The summed E-state index contributed by atoms with van der Waals surface area (Å²) in [6.07, 6.45) is 0. The van der Waals surface area contributed by atoms with Gasteiger partial charge in [0.1, 0.15) is 0 Å². The summed E-state index contributed by atoms with van der Waals surface area (Å²) in [6.45, 7) is 2.24. The number of methoxy groups -OCH3 is 3. The zero-order chi connectivity index (χ0) is 20.8. The Morgan fingerprint density at radius 2 is 1.72 bits per heavy atom. The highest BCUT2D eigenvalue weighted by molar-refractivity contribution is 7.09. The average Bonchev–Trinajstić information content (AvgIpc) is 3.18. The molecule has 0 aliphatic carbocycles. The number of thiazole rings is 1. The van der Waals surface area contributed by atoms with Gasteiger partial charge >= 0.3 is 6.03 Å². The minimum absolute atomic E-state index is 0.269. The molecule has 152 valence electrons. The lowest BCUT2D eigenvalue weighted by molar-refractivity contribution is 0.251. The van der Waals surface area contributed by atoms with Crippen molar-refractivity contribution in [1.82, 2.24) is 10.3 Å². The van der Waals surface area contributed by atoms with E-state index in [0.29, 0.717) is 22.9 Å². The summed E-state index contributed by atoms with van der Waals surface area (Å²) in [4.78, 5) is 16.8. The zero-order valence-electron chi connectivity index (χ0n) is 16.7. The third-order valence-corrected chi connectivity index (χ3v) is 5.06. The molecular weight excluding hydrogens is 390 g/mol. The number of ether oxygens (including phenoxy) is 3. The molecule has 1 heterocycles. The number of nitrogens with zero attached hydrogens (tertiary/aromatic N) is 1. The number of hydrogen-bond acceptors (Lipinski definition) is 6. The Morgan fingerprint density at radius 3 is 2.31 bits per heavy atom. The maximum Gasteiger partial charge on any atom is 0.319 e. The Hall–Kier alpha value is -3.26. The largest absolute Gasteiger partial charge is 0.493 e. The van der Waals surface area contributed by atoms with Gasteiger partial charge in [-0.1, -0.05) is 12.1 Å². The SMILES string of the molecule is COc1ccc(CNC(=O)Nc2ccc(-c3csc(C)n3)cc2)c(OC)c1OC. The van der Waals surface area contributed by atoms with E-state index in [1.165, 1.54) is 0 Å². The molecule has 2 N–H and O–H groups in total. The van der Waals surface area contributed by atoms with Crippen LogP contribution in [0.1, 0.15) is 10.6 Å². The fourth-order valence-corrected chi connectivity index (χ4v) is 3.50. The molecule has 2 aromatic carbocycles. The summed E-state index contributed by atoms with van der Waals surface area (Å²) < 4.78 is 16.1. The monoisotopic (exact) mass is 413 g/mol. The molecule has 0 unspecified atom stereocenters. The minimum Gasteiger partial charge on any atom is -0.493 e. The standard InChI is InChI=1S/C21H23N3O4S/c1-13-23-17(12-29-13)14-5-8-16(9-6-14)24-21(25)22-11-15-7-10-18(26-2)20(28-4)19(15)27-3/h5-10,12H,11H2,1-4H3,(H2,22,24,25). The topological polar surface area (TPSA) is 81.7 Å². The van der Waals surface area contributed by atoms with Gasteiger partial charge in [0.25, 0.3) is 0 Å². The molecule has 0 spiro atoms. The van der Waals surface area contributed by atoms with Crippen LogP contribution in [0, 0.1) is 6.92 Å². The molecule has 3 rings (SSSR count). The molecule has 3 aromatic rings. The summed E-state index contributed by atoms with van der Waals surface area (Å²) in [5.74, 6) is 1.57. The average molecular weight is 413 g/mol. The van der Waals surface area contributed by atoms with Gasteiger partial charge in [-0.2, -0.15) is 0 Å². The molecule has 0 saturated heterocycles. The van der Waals surface area contributed by atoms with Crippen molar-refractivity contribution in [2.75, 3.05) is 26.6 Å². The maximum absolute atomic E-state index is 12.3. The molecule has 0 bridgehead atoms. The second-order valence-corrected chi connectivity index (χ2v) is 7.19. The molecule has 2 amide bonds. The third kappa shape index (κ3) is 4.78. The summed E-state index contributed by atoms with van der Waals surface area (Å²) in [6, 6.07) is 10.8. The van der Waals surface area contributed by atoms with E-state index in [9.17, 15) is 4.79 Å². The van der Waals surface area contributed by atoms with Gasteiger partial charge in [0.05, 0.1) is 32.0 Å². The second-order valence-electron chi connectivity index (χ2n) is 6.13. The van der Waals surface area contributed by atoms with Crippen LogP contribution >= 0.6 is 11.3 Å². The molecule has 8 heteroatoms. The number of anilines is 1. The summed E-state index contributed by atoms with van der Waals surface area (Å²) in [5, 5.41) is 8.68. The third-order valence-electron chi connectivity index (χ3n) is 4.28. The van der Waals surface area contributed by atoms with Crippen molar-refractivity contribution in [3.8, 4) is 28.5 Å². The molecule has 29 heavy (non-hydrogen) atoms. The quantitative estimate of drug-likeness (QED) is 0.597. The number of aryl methyl sites for hydroxylation is 1. The molecule has 0 saturated carbocycles. The predicted molar refractivity (Wildman–Crippen MR) is 114 cm³/mol. The highest BCUT2D eigenvalue weighted by Gasteiger charge is 2.16. The Labute approximate surface area is 173 Å². The lowest BCUT2D eigenvalue weighted by Crippen LogP contribution is -2.28. The number of nitrogens with one attached hydrogen (secondary N) is 2. The summed E-state index contributed by atoms with van der Waals surface area (Å²) >= 11 is 1.61. The van der Waals surface area contributed by atoms with Gasteiger partial charge in [-0.25, -0.2) is 9.78 Å². The number of rotatable bonds is 7. The first kappa shape index (κ1) is 20.5.